The first kappa shape index (κ1) is 13.4. The number of nitrogens with zero attached hydrogens (tertiary/aromatic N) is 1. The molecule has 0 saturated carbocycles. The number of hydrogen-bond donors (Lipinski definition) is 1. The number of benzene rings is 1. The van der Waals surface area contributed by atoms with Crippen LogP contribution in [0.2, 0.25) is 0 Å². The van der Waals surface area contributed by atoms with Crippen molar-refractivity contribution in [3.63, 3.8) is 0 Å². The summed E-state index contributed by atoms with van der Waals surface area (Å²) in [6.07, 6.45) is 2.23. The van der Waals surface area contributed by atoms with Gasteiger partial charge in [-0.05, 0) is 59.8 Å². The monoisotopic (exact) mass is 308 g/mol. The summed E-state index contributed by atoms with van der Waals surface area (Å²) in [5, 5.41) is 12.4. The maximum atomic E-state index is 8.83. The van der Waals surface area contributed by atoms with E-state index in [1.54, 1.807) is 0 Å². The Morgan fingerprint density at radius 3 is 2.78 bits per heavy atom. The van der Waals surface area contributed by atoms with Gasteiger partial charge < -0.3 is 10.1 Å². The molecule has 96 valence electrons. The van der Waals surface area contributed by atoms with Gasteiger partial charge in [0.2, 0.25) is 0 Å². The first-order valence-corrected chi connectivity index (χ1v) is 7.04. The predicted molar refractivity (Wildman–Crippen MR) is 75.5 cm³/mol. The molecule has 3 nitrogen and oxygen atoms in total. The number of rotatable bonds is 3. The van der Waals surface area contributed by atoms with E-state index in [-0.39, 0.29) is 0 Å². The fraction of sp³-hybridized carbons (Fsp3) is 0.500. The molecule has 0 aromatic heterocycles. The minimum atomic E-state index is 0.415. The third-order valence-electron chi connectivity index (χ3n) is 3.45. The van der Waals surface area contributed by atoms with Gasteiger partial charge >= 0.3 is 0 Å². The predicted octanol–water partition coefficient (Wildman–Crippen LogP) is 3.55. The molecule has 1 aliphatic heterocycles. The van der Waals surface area contributed by atoms with Crippen LogP contribution in [-0.2, 0) is 4.74 Å². The standard InChI is InChI=1S/C14H17BrN2O/c1-10(12-4-6-18-7-5-12)17-14-3-2-11(9-16)8-13(14)15/h2-3,8,10,12,17H,4-7H2,1H3. The lowest BCUT2D eigenvalue weighted by Crippen LogP contribution is -2.31. The minimum Gasteiger partial charge on any atom is -0.381 e. The van der Waals surface area contributed by atoms with Gasteiger partial charge in [0.1, 0.15) is 0 Å². The van der Waals surface area contributed by atoms with Gasteiger partial charge in [-0.2, -0.15) is 5.26 Å². The van der Waals surface area contributed by atoms with Crippen LogP contribution in [0.5, 0.6) is 0 Å². The molecule has 2 rings (SSSR count). The van der Waals surface area contributed by atoms with E-state index in [1.165, 1.54) is 0 Å². The van der Waals surface area contributed by atoms with Gasteiger partial charge in [-0.15, -0.1) is 0 Å². The Hall–Kier alpha value is -1.05. The molecule has 1 saturated heterocycles. The number of nitrogens with one attached hydrogen (secondary N) is 1. The van der Waals surface area contributed by atoms with Crippen molar-refractivity contribution in [2.45, 2.75) is 25.8 Å². The van der Waals surface area contributed by atoms with E-state index < -0.39 is 0 Å². The molecule has 0 spiro atoms. The van der Waals surface area contributed by atoms with Crippen LogP contribution in [0.25, 0.3) is 0 Å². The summed E-state index contributed by atoms with van der Waals surface area (Å²) in [5.74, 6) is 0.654. The molecule has 4 heteroatoms. The number of hydrogen-bond acceptors (Lipinski definition) is 3. The van der Waals surface area contributed by atoms with E-state index in [0.29, 0.717) is 17.5 Å². The van der Waals surface area contributed by atoms with Crippen molar-refractivity contribution >= 4 is 21.6 Å². The number of halogens is 1. The normalized spacial score (nSPS) is 18.1. The Morgan fingerprint density at radius 2 is 2.17 bits per heavy atom. The average Bonchev–Trinajstić information content (AvgIpc) is 2.42. The van der Waals surface area contributed by atoms with Gasteiger partial charge in [0.15, 0.2) is 0 Å². The van der Waals surface area contributed by atoms with Crippen LogP contribution in [0.4, 0.5) is 5.69 Å². The van der Waals surface area contributed by atoms with Crippen LogP contribution >= 0.6 is 15.9 Å². The summed E-state index contributed by atoms with van der Waals surface area (Å²) in [4.78, 5) is 0. The van der Waals surface area contributed by atoms with Crippen LogP contribution < -0.4 is 5.32 Å². The molecule has 0 aliphatic carbocycles. The summed E-state index contributed by atoms with van der Waals surface area (Å²) in [5.41, 5.74) is 1.72. The molecule has 0 radical (unpaired) electrons. The first-order chi connectivity index (χ1) is 8.70. The molecule has 1 atom stereocenters. The molecule has 1 aromatic rings. The molecule has 1 unspecified atom stereocenters. The van der Waals surface area contributed by atoms with Crippen molar-refractivity contribution in [1.82, 2.24) is 0 Å². The summed E-state index contributed by atoms with van der Waals surface area (Å²) < 4.78 is 6.33. The van der Waals surface area contributed by atoms with E-state index in [2.05, 4.69) is 34.2 Å². The molecule has 0 bridgehead atoms. The SMILES string of the molecule is CC(Nc1ccc(C#N)cc1Br)C1CCOCC1. The highest BCUT2D eigenvalue weighted by atomic mass is 79.9. The zero-order chi connectivity index (χ0) is 13.0. The van der Waals surface area contributed by atoms with Gasteiger partial charge in [0, 0.05) is 29.4 Å². The molecule has 0 amide bonds. The second-order valence-corrected chi connectivity index (χ2v) is 5.54. The van der Waals surface area contributed by atoms with Crippen LogP contribution in [0.1, 0.15) is 25.3 Å². The topological polar surface area (TPSA) is 45.0 Å². The lowest BCUT2D eigenvalue weighted by Gasteiger charge is -2.29. The maximum absolute atomic E-state index is 8.83. The fourth-order valence-electron chi connectivity index (χ4n) is 2.28. The maximum Gasteiger partial charge on any atom is 0.0992 e. The summed E-state index contributed by atoms with van der Waals surface area (Å²) in [7, 11) is 0. The molecule has 18 heavy (non-hydrogen) atoms. The number of ether oxygens (including phenoxy) is 1. The van der Waals surface area contributed by atoms with E-state index in [1.807, 2.05) is 18.2 Å². The minimum absolute atomic E-state index is 0.415. The zero-order valence-electron chi connectivity index (χ0n) is 10.4. The van der Waals surface area contributed by atoms with Crippen molar-refractivity contribution in [2.75, 3.05) is 18.5 Å². The Bertz CT molecular complexity index is 450. The van der Waals surface area contributed by atoms with Crippen LogP contribution in [0, 0.1) is 17.2 Å². The quantitative estimate of drug-likeness (QED) is 0.929. The highest BCUT2D eigenvalue weighted by molar-refractivity contribution is 9.10. The Labute approximate surface area is 116 Å². The summed E-state index contributed by atoms with van der Waals surface area (Å²) >= 11 is 3.50. The zero-order valence-corrected chi connectivity index (χ0v) is 12.0. The smallest absolute Gasteiger partial charge is 0.0992 e. The van der Waals surface area contributed by atoms with Crippen LogP contribution in [0.15, 0.2) is 22.7 Å². The molecular weight excluding hydrogens is 292 g/mol. The molecule has 1 heterocycles. The molecule has 1 fully saturated rings. The number of anilines is 1. The molecule has 1 N–H and O–H groups in total. The van der Waals surface area contributed by atoms with Crippen LogP contribution in [0.3, 0.4) is 0 Å². The van der Waals surface area contributed by atoms with Gasteiger partial charge in [0.05, 0.1) is 11.6 Å². The average molecular weight is 309 g/mol. The Morgan fingerprint density at radius 1 is 1.44 bits per heavy atom. The van der Waals surface area contributed by atoms with Gasteiger partial charge in [-0.3, -0.25) is 0 Å². The number of nitriles is 1. The third kappa shape index (κ3) is 3.24. The van der Waals surface area contributed by atoms with Crippen molar-refractivity contribution in [3.8, 4) is 6.07 Å². The van der Waals surface area contributed by atoms with E-state index >= 15 is 0 Å². The van der Waals surface area contributed by atoms with Crippen molar-refractivity contribution in [1.29, 1.82) is 5.26 Å². The lowest BCUT2D eigenvalue weighted by atomic mass is 9.93. The van der Waals surface area contributed by atoms with Crippen molar-refractivity contribution in [2.24, 2.45) is 5.92 Å². The largest absolute Gasteiger partial charge is 0.381 e. The highest BCUT2D eigenvalue weighted by Gasteiger charge is 2.20. The van der Waals surface area contributed by atoms with Crippen molar-refractivity contribution < 1.29 is 4.74 Å². The van der Waals surface area contributed by atoms with E-state index in [9.17, 15) is 0 Å². The second-order valence-electron chi connectivity index (χ2n) is 4.69. The van der Waals surface area contributed by atoms with Gasteiger partial charge in [-0.1, -0.05) is 0 Å². The van der Waals surface area contributed by atoms with Crippen molar-refractivity contribution in [3.05, 3.63) is 28.2 Å². The molecule has 1 aliphatic rings. The van der Waals surface area contributed by atoms with E-state index in [4.69, 9.17) is 10.00 Å². The lowest BCUT2D eigenvalue weighted by molar-refractivity contribution is 0.0622. The first-order valence-electron chi connectivity index (χ1n) is 6.24. The third-order valence-corrected chi connectivity index (χ3v) is 4.11. The van der Waals surface area contributed by atoms with E-state index in [0.717, 1.165) is 36.2 Å². The van der Waals surface area contributed by atoms with Crippen LogP contribution in [-0.4, -0.2) is 19.3 Å². The molecule has 1 aromatic carbocycles. The van der Waals surface area contributed by atoms with Gasteiger partial charge in [0.25, 0.3) is 0 Å². The fourth-order valence-corrected chi connectivity index (χ4v) is 2.77. The Balaban J connectivity index is 2.02. The highest BCUT2D eigenvalue weighted by Crippen LogP contribution is 2.27. The molecular formula is C14H17BrN2O. The summed E-state index contributed by atoms with van der Waals surface area (Å²) in [6.45, 7) is 3.94. The van der Waals surface area contributed by atoms with Gasteiger partial charge in [-0.25, -0.2) is 0 Å². The Kier molecular flexibility index (Phi) is 4.62. The second kappa shape index (κ2) is 6.21. The summed E-state index contributed by atoms with van der Waals surface area (Å²) in [6, 6.07) is 8.19.